The lowest BCUT2D eigenvalue weighted by Gasteiger charge is -2.12. The Labute approximate surface area is 131 Å². The third kappa shape index (κ3) is 4.32. The maximum Gasteiger partial charge on any atom is 0.263 e. The predicted molar refractivity (Wildman–Crippen MR) is 88.4 cm³/mol. The summed E-state index contributed by atoms with van der Waals surface area (Å²) in [5.41, 5.74) is 3.52. The molecule has 22 heavy (non-hydrogen) atoms. The summed E-state index contributed by atoms with van der Waals surface area (Å²) in [5.74, 6) is 1.49. The number of aromatic nitrogens is 1. The Morgan fingerprint density at radius 2 is 2.00 bits per heavy atom. The van der Waals surface area contributed by atoms with Crippen molar-refractivity contribution in [1.82, 2.24) is 4.98 Å². The van der Waals surface area contributed by atoms with Gasteiger partial charge in [-0.2, -0.15) is 0 Å². The number of pyridine rings is 1. The van der Waals surface area contributed by atoms with E-state index in [1.165, 1.54) is 11.1 Å². The molecule has 4 heteroatoms. The SMILES string of the molecule is Cc1ccc(NC(=O)COc2ccc(C(C)C)c(C)c2)nc1. The highest BCUT2D eigenvalue weighted by Gasteiger charge is 2.07. The summed E-state index contributed by atoms with van der Waals surface area (Å²) >= 11 is 0. The zero-order chi connectivity index (χ0) is 16.1. The van der Waals surface area contributed by atoms with Crippen LogP contribution < -0.4 is 10.1 Å². The molecule has 1 N–H and O–H groups in total. The second-order valence-corrected chi connectivity index (χ2v) is 5.73. The van der Waals surface area contributed by atoms with Gasteiger partial charge in [-0.05, 0) is 54.7 Å². The van der Waals surface area contributed by atoms with Gasteiger partial charge in [-0.25, -0.2) is 4.98 Å². The van der Waals surface area contributed by atoms with Crippen molar-refractivity contribution in [2.75, 3.05) is 11.9 Å². The molecule has 0 bridgehead atoms. The van der Waals surface area contributed by atoms with Crippen LogP contribution in [-0.2, 0) is 4.79 Å². The molecule has 1 amide bonds. The van der Waals surface area contributed by atoms with Crippen LogP contribution in [0.4, 0.5) is 5.82 Å². The van der Waals surface area contributed by atoms with Gasteiger partial charge in [0.1, 0.15) is 11.6 Å². The van der Waals surface area contributed by atoms with E-state index >= 15 is 0 Å². The number of aryl methyl sites for hydroxylation is 2. The Hall–Kier alpha value is -2.36. The van der Waals surface area contributed by atoms with Gasteiger partial charge in [-0.1, -0.05) is 26.0 Å². The van der Waals surface area contributed by atoms with E-state index in [2.05, 4.69) is 37.1 Å². The number of anilines is 1. The first kappa shape index (κ1) is 16.0. The lowest BCUT2D eigenvalue weighted by Crippen LogP contribution is -2.20. The molecule has 0 aliphatic rings. The molecule has 0 aliphatic carbocycles. The second kappa shape index (κ2) is 7.07. The fourth-order valence-electron chi connectivity index (χ4n) is 2.26. The van der Waals surface area contributed by atoms with Gasteiger partial charge < -0.3 is 10.1 Å². The highest BCUT2D eigenvalue weighted by molar-refractivity contribution is 5.90. The smallest absolute Gasteiger partial charge is 0.263 e. The molecule has 1 heterocycles. The zero-order valence-electron chi connectivity index (χ0n) is 13.5. The molecule has 1 aromatic heterocycles. The summed E-state index contributed by atoms with van der Waals surface area (Å²) in [6, 6.07) is 9.59. The zero-order valence-corrected chi connectivity index (χ0v) is 13.5. The minimum atomic E-state index is -0.220. The third-order valence-electron chi connectivity index (χ3n) is 3.41. The second-order valence-electron chi connectivity index (χ2n) is 5.73. The van der Waals surface area contributed by atoms with Crippen molar-refractivity contribution in [2.24, 2.45) is 0 Å². The number of nitrogens with zero attached hydrogens (tertiary/aromatic N) is 1. The number of benzene rings is 1. The quantitative estimate of drug-likeness (QED) is 0.912. The summed E-state index contributed by atoms with van der Waals surface area (Å²) in [5, 5.41) is 2.71. The molecule has 2 rings (SSSR count). The van der Waals surface area contributed by atoms with Gasteiger partial charge >= 0.3 is 0 Å². The topological polar surface area (TPSA) is 51.2 Å². The maximum atomic E-state index is 11.9. The van der Waals surface area contributed by atoms with Crippen LogP contribution in [0.5, 0.6) is 5.75 Å². The van der Waals surface area contributed by atoms with E-state index < -0.39 is 0 Å². The van der Waals surface area contributed by atoms with Crippen molar-refractivity contribution in [2.45, 2.75) is 33.6 Å². The summed E-state index contributed by atoms with van der Waals surface area (Å²) in [7, 11) is 0. The van der Waals surface area contributed by atoms with Crippen molar-refractivity contribution in [3.63, 3.8) is 0 Å². The highest BCUT2D eigenvalue weighted by atomic mass is 16.5. The number of nitrogens with one attached hydrogen (secondary N) is 1. The van der Waals surface area contributed by atoms with Crippen LogP contribution in [0.2, 0.25) is 0 Å². The van der Waals surface area contributed by atoms with E-state index in [1.54, 1.807) is 12.3 Å². The number of rotatable bonds is 5. The Morgan fingerprint density at radius 3 is 2.59 bits per heavy atom. The lowest BCUT2D eigenvalue weighted by atomic mass is 9.98. The first-order valence-corrected chi connectivity index (χ1v) is 7.41. The minimum absolute atomic E-state index is 0.0317. The molecule has 116 valence electrons. The molecular formula is C18H22N2O2. The minimum Gasteiger partial charge on any atom is -0.484 e. The number of carbonyl (C=O) groups is 1. The van der Waals surface area contributed by atoms with Crippen molar-refractivity contribution in [3.05, 3.63) is 53.2 Å². The van der Waals surface area contributed by atoms with Gasteiger partial charge in [-0.3, -0.25) is 4.79 Å². The Bertz CT molecular complexity index is 649. The van der Waals surface area contributed by atoms with Crippen molar-refractivity contribution in [1.29, 1.82) is 0 Å². The van der Waals surface area contributed by atoms with E-state index in [4.69, 9.17) is 4.74 Å². The Balaban J connectivity index is 1.91. The van der Waals surface area contributed by atoms with Crippen LogP contribution in [0.15, 0.2) is 36.5 Å². The van der Waals surface area contributed by atoms with Gasteiger partial charge in [0.15, 0.2) is 6.61 Å². The van der Waals surface area contributed by atoms with Crippen LogP contribution in [0.25, 0.3) is 0 Å². The maximum absolute atomic E-state index is 11.9. The highest BCUT2D eigenvalue weighted by Crippen LogP contribution is 2.23. The summed E-state index contributed by atoms with van der Waals surface area (Å²) in [6.45, 7) is 8.29. The van der Waals surface area contributed by atoms with Gasteiger partial charge in [0.05, 0.1) is 0 Å². The van der Waals surface area contributed by atoms with E-state index in [-0.39, 0.29) is 12.5 Å². The molecule has 0 aliphatic heterocycles. The van der Waals surface area contributed by atoms with Crippen LogP contribution in [0.1, 0.15) is 36.5 Å². The lowest BCUT2D eigenvalue weighted by molar-refractivity contribution is -0.118. The fourth-order valence-corrected chi connectivity index (χ4v) is 2.26. The van der Waals surface area contributed by atoms with E-state index in [9.17, 15) is 4.79 Å². The average molecular weight is 298 g/mol. The Kier molecular flexibility index (Phi) is 5.15. The molecule has 0 spiro atoms. The molecule has 0 saturated carbocycles. The van der Waals surface area contributed by atoms with Crippen LogP contribution in [0, 0.1) is 13.8 Å². The first-order valence-electron chi connectivity index (χ1n) is 7.41. The van der Waals surface area contributed by atoms with Crippen LogP contribution in [0.3, 0.4) is 0 Å². The molecule has 0 saturated heterocycles. The van der Waals surface area contributed by atoms with E-state index in [0.29, 0.717) is 17.5 Å². The number of hydrogen-bond acceptors (Lipinski definition) is 3. The van der Waals surface area contributed by atoms with Gasteiger partial charge in [-0.15, -0.1) is 0 Å². The third-order valence-corrected chi connectivity index (χ3v) is 3.41. The van der Waals surface area contributed by atoms with E-state index in [0.717, 1.165) is 5.56 Å². The molecule has 1 aromatic carbocycles. The first-order chi connectivity index (χ1) is 10.5. The molecule has 2 aromatic rings. The summed E-state index contributed by atoms with van der Waals surface area (Å²) < 4.78 is 5.54. The molecule has 0 radical (unpaired) electrons. The number of carbonyl (C=O) groups excluding carboxylic acids is 1. The van der Waals surface area contributed by atoms with Gasteiger partial charge in [0, 0.05) is 6.20 Å². The number of hydrogen-bond donors (Lipinski definition) is 1. The molecule has 0 fully saturated rings. The molecule has 0 unspecified atom stereocenters. The van der Waals surface area contributed by atoms with Gasteiger partial charge in [0.2, 0.25) is 0 Å². The number of ether oxygens (including phenoxy) is 1. The normalized spacial score (nSPS) is 10.6. The van der Waals surface area contributed by atoms with Crippen LogP contribution >= 0.6 is 0 Å². The molecule has 0 atom stereocenters. The van der Waals surface area contributed by atoms with Gasteiger partial charge in [0.25, 0.3) is 5.91 Å². The largest absolute Gasteiger partial charge is 0.484 e. The Morgan fingerprint density at radius 1 is 1.23 bits per heavy atom. The fraction of sp³-hybridized carbons (Fsp3) is 0.333. The molecular weight excluding hydrogens is 276 g/mol. The van der Waals surface area contributed by atoms with Crippen molar-refractivity contribution >= 4 is 11.7 Å². The van der Waals surface area contributed by atoms with Crippen LogP contribution in [-0.4, -0.2) is 17.5 Å². The standard InChI is InChI=1S/C18H22N2O2/c1-12(2)16-7-6-15(9-14(16)4)22-11-18(21)20-17-8-5-13(3)10-19-17/h5-10,12H,11H2,1-4H3,(H,19,20,21). The molecule has 4 nitrogen and oxygen atoms in total. The van der Waals surface area contributed by atoms with Crippen molar-refractivity contribution in [3.8, 4) is 5.75 Å². The van der Waals surface area contributed by atoms with Crippen molar-refractivity contribution < 1.29 is 9.53 Å². The average Bonchev–Trinajstić information content (AvgIpc) is 2.47. The number of amides is 1. The van der Waals surface area contributed by atoms with E-state index in [1.807, 2.05) is 25.1 Å². The predicted octanol–water partition coefficient (Wildman–Crippen LogP) is 3.84. The monoisotopic (exact) mass is 298 g/mol. The summed E-state index contributed by atoms with van der Waals surface area (Å²) in [4.78, 5) is 16.0. The summed E-state index contributed by atoms with van der Waals surface area (Å²) in [6.07, 6.45) is 1.71.